The van der Waals surface area contributed by atoms with Crippen molar-refractivity contribution in [1.82, 2.24) is 0 Å². The highest BCUT2D eigenvalue weighted by Gasteiger charge is 2.01. The van der Waals surface area contributed by atoms with Crippen LogP contribution in [0.1, 0.15) is 31.0 Å². The highest BCUT2D eigenvalue weighted by molar-refractivity contribution is 6.30. The Bertz CT molecular complexity index is 269. The summed E-state index contributed by atoms with van der Waals surface area (Å²) in [7, 11) is 0. The predicted octanol–water partition coefficient (Wildman–Crippen LogP) is 2.92. The van der Waals surface area contributed by atoms with Gasteiger partial charge in [-0.05, 0) is 36.6 Å². The van der Waals surface area contributed by atoms with Gasteiger partial charge in [-0.25, -0.2) is 0 Å². The van der Waals surface area contributed by atoms with Gasteiger partial charge >= 0.3 is 0 Å². The van der Waals surface area contributed by atoms with Crippen LogP contribution in [0.15, 0.2) is 18.2 Å². The van der Waals surface area contributed by atoms with Gasteiger partial charge in [0.2, 0.25) is 0 Å². The van der Waals surface area contributed by atoms with Gasteiger partial charge in [0.05, 0.1) is 0 Å². The molecule has 0 radical (unpaired) electrons. The van der Waals surface area contributed by atoms with E-state index >= 15 is 0 Å². The molecule has 0 aliphatic rings. The highest BCUT2D eigenvalue weighted by Crippen LogP contribution is 2.19. The summed E-state index contributed by atoms with van der Waals surface area (Å²) in [5.41, 5.74) is 8.10. The van der Waals surface area contributed by atoms with Gasteiger partial charge < -0.3 is 5.73 Å². The van der Waals surface area contributed by atoms with Crippen LogP contribution < -0.4 is 5.73 Å². The molecular weight excluding hydrogens is 170 g/mol. The number of hydrogen-bond acceptors (Lipinski definition) is 1. The molecule has 1 nitrogen and oxygen atoms in total. The number of hydrogen-bond donors (Lipinski definition) is 1. The van der Waals surface area contributed by atoms with E-state index in [4.69, 9.17) is 17.3 Å². The van der Waals surface area contributed by atoms with Crippen molar-refractivity contribution in [2.75, 3.05) is 0 Å². The average Bonchev–Trinajstić information content (AvgIpc) is 2.03. The van der Waals surface area contributed by atoms with E-state index in [-0.39, 0.29) is 6.04 Å². The molecule has 0 aromatic heterocycles. The molecule has 66 valence electrons. The molecule has 1 aromatic rings. The van der Waals surface area contributed by atoms with Crippen molar-refractivity contribution < 1.29 is 0 Å². The molecule has 0 saturated carbocycles. The van der Waals surface area contributed by atoms with E-state index < -0.39 is 0 Å². The van der Waals surface area contributed by atoms with Gasteiger partial charge in [0.1, 0.15) is 0 Å². The Labute approximate surface area is 78.5 Å². The lowest BCUT2D eigenvalue weighted by molar-refractivity contribution is 0.815. The van der Waals surface area contributed by atoms with Gasteiger partial charge in [0.15, 0.2) is 0 Å². The smallest absolute Gasteiger partial charge is 0.0412 e. The third-order valence-electron chi connectivity index (χ3n) is 1.91. The fourth-order valence-corrected chi connectivity index (χ4v) is 1.41. The Morgan fingerprint density at radius 3 is 2.58 bits per heavy atom. The molecule has 2 heteroatoms. The van der Waals surface area contributed by atoms with Gasteiger partial charge in [0.25, 0.3) is 0 Å². The molecule has 12 heavy (non-hydrogen) atoms. The Hall–Kier alpha value is -0.530. The van der Waals surface area contributed by atoms with Crippen molar-refractivity contribution >= 4 is 11.6 Å². The molecule has 0 fully saturated rings. The van der Waals surface area contributed by atoms with Crippen LogP contribution in [0.25, 0.3) is 0 Å². The van der Waals surface area contributed by atoms with Gasteiger partial charge in [-0.2, -0.15) is 0 Å². The first-order chi connectivity index (χ1) is 5.63. The Kier molecular flexibility index (Phi) is 3.12. The molecule has 0 heterocycles. The molecule has 2 N–H and O–H groups in total. The predicted molar refractivity (Wildman–Crippen MR) is 53.4 cm³/mol. The highest BCUT2D eigenvalue weighted by atomic mass is 35.5. The second-order valence-corrected chi connectivity index (χ2v) is 3.47. The maximum absolute atomic E-state index is 5.92. The quantitative estimate of drug-likeness (QED) is 0.750. The van der Waals surface area contributed by atoms with Crippen LogP contribution in [-0.4, -0.2) is 0 Å². The van der Waals surface area contributed by atoms with E-state index in [0.717, 1.165) is 17.0 Å². The summed E-state index contributed by atoms with van der Waals surface area (Å²) < 4.78 is 0. The number of benzene rings is 1. The molecule has 1 unspecified atom stereocenters. The van der Waals surface area contributed by atoms with Crippen molar-refractivity contribution in [3.05, 3.63) is 34.3 Å². The minimum Gasteiger partial charge on any atom is -0.324 e. The molecule has 0 amide bonds. The fraction of sp³-hybridized carbons (Fsp3) is 0.400. The summed E-state index contributed by atoms with van der Waals surface area (Å²) in [5.74, 6) is 0. The molecule has 0 saturated heterocycles. The van der Waals surface area contributed by atoms with Crippen molar-refractivity contribution in [3.8, 4) is 0 Å². The van der Waals surface area contributed by atoms with E-state index in [1.807, 2.05) is 19.1 Å². The van der Waals surface area contributed by atoms with Gasteiger partial charge in [0, 0.05) is 11.1 Å². The molecule has 0 bridgehead atoms. The van der Waals surface area contributed by atoms with Crippen LogP contribution in [0, 0.1) is 0 Å². The van der Waals surface area contributed by atoms with E-state index in [0.29, 0.717) is 0 Å². The minimum absolute atomic E-state index is 0.0639. The first-order valence-electron chi connectivity index (χ1n) is 4.18. The molecule has 0 spiro atoms. The first-order valence-corrected chi connectivity index (χ1v) is 4.56. The van der Waals surface area contributed by atoms with E-state index in [1.54, 1.807) is 0 Å². The number of rotatable bonds is 2. The SMILES string of the molecule is CCc1cc(Cl)cc(C(C)N)c1. The van der Waals surface area contributed by atoms with Crippen LogP contribution in [0.2, 0.25) is 5.02 Å². The molecule has 1 rings (SSSR count). The summed E-state index contributed by atoms with van der Waals surface area (Å²) >= 11 is 5.92. The molecule has 1 aromatic carbocycles. The van der Waals surface area contributed by atoms with Gasteiger partial charge in [-0.15, -0.1) is 0 Å². The van der Waals surface area contributed by atoms with Crippen molar-refractivity contribution in [2.24, 2.45) is 5.73 Å². The summed E-state index contributed by atoms with van der Waals surface area (Å²) in [6.07, 6.45) is 1.00. The van der Waals surface area contributed by atoms with Crippen LogP contribution in [-0.2, 0) is 6.42 Å². The molecule has 1 atom stereocenters. The van der Waals surface area contributed by atoms with E-state index in [2.05, 4.69) is 13.0 Å². The average molecular weight is 184 g/mol. The summed E-state index contributed by atoms with van der Waals surface area (Å²) in [4.78, 5) is 0. The topological polar surface area (TPSA) is 26.0 Å². The monoisotopic (exact) mass is 183 g/mol. The lowest BCUT2D eigenvalue weighted by Crippen LogP contribution is -2.05. The third kappa shape index (κ3) is 2.23. The zero-order chi connectivity index (χ0) is 9.14. The van der Waals surface area contributed by atoms with Crippen molar-refractivity contribution in [2.45, 2.75) is 26.3 Å². The van der Waals surface area contributed by atoms with Crippen molar-refractivity contribution in [1.29, 1.82) is 0 Å². The first kappa shape index (κ1) is 9.56. The van der Waals surface area contributed by atoms with Crippen LogP contribution in [0.5, 0.6) is 0 Å². The molecule has 0 aliphatic heterocycles. The summed E-state index contributed by atoms with van der Waals surface area (Å²) in [6.45, 7) is 4.07. The lowest BCUT2D eigenvalue weighted by Gasteiger charge is -2.07. The van der Waals surface area contributed by atoms with Crippen LogP contribution in [0.4, 0.5) is 0 Å². The normalized spacial score (nSPS) is 13.0. The van der Waals surface area contributed by atoms with E-state index in [9.17, 15) is 0 Å². The minimum atomic E-state index is 0.0639. The maximum atomic E-state index is 5.92. The fourth-order valence-electron chi connectivity index (χ4n) is 1.14. The van der Waals surface area contributed by atoms with Crippen LogP contribution in [0.3, 0.4) is 0 Å². The zero-order valence-electron chi connectivity index (χ0n) is 7.47. The number of nitrogens with two attached hydrogens (primary N) is 1. The second-order valence-electron chi connectivity index (χ2n) is 3.04. The molecular formula is C10H14ClN. The summed E-state index contributed by atoms with van der Waals surface area (Å²) in [5, 5.41) is 0.779. The summed E-state index contributed by atoms with van der Waals surface area (Å²) in [6, 6.07) is 6.07. The lowest BCUT2D eigenvalue weighted by atomic mass is 10.0. The van der Waals surface area contributed by atoms with Crippen LogP contribution >= 0.6 is 11.6 Å². The Balaban J connectivity index is 3.06. The van der Waals surface area contributed by atoms with Gasteiger partial charge in [-0.3, -0.25) is 0 Å². The standard InChI is InChI=1S/C10H14ClN/c1-3-8-4-9(7(2)12)6-10(11)5-8/h4-7H,3,12H2,1-2H3. The largest absolute Gasteiger partial charge is 0.324 e. The van der Waals surface area contributed by atoms with Gasteiger partial charge in [-0.1, -0.05) is 24.6 Å². The Morgan fingerprint density at radius 2 is 2.08 bits per heavy atom. The number of halogens is 1. The maximum Gasteiger partial charge on any atom is 0.0412 e. The second kappa shape index (κ2) is 3.92. The van der Waals surface area contributed by atoms with Crippen molar-refractivity contribution in [3.63, 3.8) is 0 Å². The number of aryl methyl sites for hydroxylation is 1. The zero-order valence-corrected chi connectivity index (χ0v) is 8.23. The third-order valence-corrected chi connectivity index (χ3v) is 2.13. The Morgan fingerprint density at radius 1 is 1.42 bits per heavy atom. The molecule has 0 aliphatic carbocycles. The van der Waals surface area contributed by atoms with E-state index in [1.165, 1.54) is 5.56 Å².